The number of ether oxygens (including phenoxy) is 1. The Labute approximate surface area is 117 Å². The molecule has 1 aliphatic rings. The number of nitrogens with one attached hydrogen (secondary N) is 1. The Balaban J connectivity index is 2.28. The summed E-state index contributed by atoms with van der Waals surface area (Å²) >= 11 is 0. The zero-order valence-corrected chi connectivity index (χ0v) is 12.1. The zero-order chi connectivity index (χ0) is 14.9. The van der Waals surface area contributed by atoms with Crippen LogP contribution in [0.25, 0.3) is 0 Å². The number of hydrogen-bond donors (Lipinski definition) is 1. The number of methoxy groups -OCH3 is 1. The van der Waals surface area contributed by atoms with Crippen molar-refractivity contribution in [2.24, 2.45) is 7.05 Å². The number of hydrogen-bond acceptors (Lipinski definition) is 7. The van der Waals surface area contributed by atoms with Crippen LogP contribution in [0.1, 0.15) is 6.42 Å². The van der Waals surface area contributed by atoms with Crippen LogP contribution < -0.4 is 20.8 Å². The van der Waals surface area contributed by atoms with E-state index in [-0.39, 0.29) is 18.1 Å². The Morgan fingerprint density at radius 3 is 2.70 bits per heavy atom. The Morgan fingerprint density at radius 1 is 1.35 bits per heavy atom. The minimum absolute atomic E-state index is 0.224. The van der Waals surface area contributed by atoms with Crippen LogP contribution in [0, 0.1) is 0 Å². The van der Waals surface area contributed by atoms with Crippen LogP contribution in [0.2, 0.25) is 0 Å². The summed E-state index contributed by atoms with van der Waals surface area (Å²) in [5.41, 5.74) is 0.533. The van der Waals surface area contributed by atoms with E-state index in [0.717, 1.165) is 11.5 Å². The highest BCUT2D eigenvalue weighted by Gasteiger charge is 2.28. The maximum Gasteiger partial charge on any atom is 0.350 e. The molecule has 2 rings (SSSR count). The Kier molecular flexibility index (Phi) is 3.82. The summed E-state index contributed by atoms with van der Waals surface area (Å²) < 4.78 is 6.10. The van der Waals surface area contributed by atoms with Crippen molar-refractivity contribution in [2.75, 3.05) is 49.5 Å². The molecule has 1 aromatic heterocycles. The van der Waals surface area contributed by atoms with Gasteiger partial charge in [0.25, 0.3) is 0 Å². The molecule has 1 N–H and O–H groups in total. The molecule has 0 unspecified atom stereocenters. The first-order valence-electron chi connectivity index (χ1n) is 6.29. The van der Waals surface area contributed by atoms with Gasteiger partial charge in [0.15, 0.2) is 5.82 Å². The molecule has 1 aliphatic heterocycles. The number of carbonyl (C=O) groups excluding carboxylic acids is 1. The molecule has 0 saturated heterocycles. The molecule has 2 heterocycles. The number of anilines is 3. The van der Waals surface area contributed by atoms with E-state index in [9.17, 15) is 9.59 Å². The number of rotatable bonds is 4. The van der Waals surface area contributed by atoms with Crippen LogP contribution in [0.5, 0.6) is 0 Å². The largest absolute Gasteiger partial charge is 0.469 e. The van der Waals surface area contributed by atoms with Crippen molar-refractivity contribution in [3.63, 3.8) is 0 Å². The van der Waals surface area contributed by atoms with E-state index in [0.29, 0.717) is 19.0 Å². The van der Waals surface area contributed by atoms with E-state index in [2.05, 4.69) is 15.0 Å². The quantitative estimate of drug-likeness (QED) is 0.752. The highest BCUT2D eigenvalue weighted by molar-refractivity contribution is 5.82. The predicted octanol–water partition coefficient (Wildman–Crippen LogP) is -0.401. The molecule has 0 aromatic carbocycles. The molecule has 110 valence electrons. The van der Waals surface area contributed by atoms with Crippen molar-refractivity contribution in [1.82, 2.24) is 9.55 Å². The molecule has 0 bridgehead atoms. The molecule has 0 aliphatic carbocycles. The Bertz CT molecular complexity index is 583. The minimum atomic E-state index is -0.327. The fourth-order valence-electron chi connectivity index (χ4n) is 2.33. The number of esters is 1. The van der Waals surface area contributed by atoms with Gasteiger partial charge in [0.05, 0.1) is 20.2 Å². The number of fused-ring (bicyclic) bond motifs is 1. The summed E-state index contributed by atoms with van der Waals surface area (Å²) in [6.45, 7) is 1.05. The molecule has 1 aromatic rings. The molecule has 0 fully saturated rings. The molecule has 0 saturated carbocycles. The van der Waals surface area contributed by atoms with Crippen molar-refractivity contribution < 1.29 is 9.53 Å². The fraction of sp³-hybridized carbons (Fsp3) is 0.583. The Morgan fingerprint density at radius 2 is 2.05 bits per heavy atom. The second-order valence-corrected chi connectivity index (χ2v) is 4.76. The first-order chi connectivity index (χ1) is 9.45. The number of aromatic nitrogens is 2. The summed E-state index contributed by atoms with van der Waals surface area (Å²) in [4.78, 5) is 31.0. The van der Waals surface area contributed by atoms with Crippen LogP contribution in [0.15, 0.2) is 4.79 Å². The van der Waals surface area contributed by atoms with Crippen LogP contribution >= 0.6 is 0 Å². The third-order valence-electron chi connectivity index (χ3n) is 3.26. The van der Waals surface area contributed by atoms with Gasteiger partial charge in [0.2, 0.25) is 0 Å². The van der Waals surface area contributed by atoms with Crippen LogP contribution in [0.4, 0.5) is 17.3 Å². The monoisotopic (exact) mass is 281 g/mol. The van der Waals surface area contributed by atoms with E-state index in [1.807, 2.05) is 23.9 Å². The lowest BCUT2D eigenvalue weighted by Crippen LogP contribution is -2.27. The van der Waals surface area contributed by atoms with Crippen molar-refractivity contribution in [3.8, 4) is 0 Å². The highest BCUT2D eigenvalue weighted by Crippen LogP contribution is 2.37. The molecule has 0 atom stereocenters. The van der Waals surface area contributed by atoms with Gasteiger partial charge in [-0.1, -0.05) is 0 Å². The summed E-state index contributed by atoms with van der Waals surface area (Å²) in [6.07, 6.45) is 0.224. The van der Waals surface area contributed by atoms with Gasteiger partial charge in [-0.3, -0.25) is 9.36 Å². The van der Waals surface area contributed by atoms with Gasteiger partial charge in [0.1, 0.15) is 11.5 Å². The molecule has 8 nitrogen and oxygen atoms in total. The zero-order valence-electron chi connectivity index (χ0n) is 12.1. The van der Waals surface area contributed by atoms with Gasteiger partial charge < -0.3 is 19.9 Å². The summed E-state index contributed by atoms with van der Waals surface area (Å²) in [6, 6.07) is 0. The lowest BCUT2D eigenvalue weighted by molar-refractivity contribution is -0.140. The van der Waals surface area contributed by atoms with E-state index in [1.54, 1.807) is 7.05 Å². The van der Waals surface area contributed by atoms with E-state index in [4.69, 9.17) is 0 Å². The molecule has 8 heteroatoms. The van der Waals surface area contributed by atoms with E-state index < -0.39 is 0 Å². The second kappa shape index (κ2) is 5.40. The standard InChI is InChI=1S/C12H19N5O3/c1-15-7-16(2)11-9(15)10(14-12(19)17(11)3)13-6-5-8(18)20-4/h5-7H2,1-4H3,(H,13,14,19). The predicted molar refractivity (Wildman–Crippen MR) is 76.3 cm³/mol. The number of nitrogens with zero attached hydrogens (tertiary/aromatic N) is 4. The normalized spacial score (nSPS) is 13.4. The van der Waals surface area contributed by atoms with E-state index >= 15 is 0 Å². The lowest BCUT2D eigenvalue weighted by atomic mass is 10.3. The molecule has 20 heavy (non-hydrogen) atoms. The third kappa shape index (κ3) is 2.40. The van der Waals surface area contributed by atoms with Gasteiger partial charge >= 0.3 is 11.7 Å². The molecule has 0 amide bonds. The first kappa shape index (κ1) is 14.2. The van der Waals surface area contributed by atoms with E-state index in [1.165, 1.54) is 11.7 Å². The van der Waals surface area contributed by atoms with Crippen LogP contribution in [0.3, 0.4) is 0 Å². The maximum atomic E-state index is 11.9. The average molecular weight is 281 g/mol. The van der Waals surface area contributed by atoms with Gasteiger partial charge in [-0.2, -0.15) is 4.98 Å². The lowest BCUT2D eigenvalue weighted by Gasteiger charge is -2.16. The molecular formula is C12H19N5O3. The second-order valence-electron chi connectivity index (χ2n) is 4.76. The van der Waals surface area contributed by atoms with Crippen LogP contribution in [-0.2, 0) is 16.6 Å². The van der Waals surface area contributed by atoms with Crippen molar-refractivity contribution in [1.29, 1.82) is 0 Å². The molecule has 0 radical (unpaired) electrons. The average Bonchev–Trinajstić information content (AvgIpc) is 2.70. The topological polar surface area (TPSA) is 79.7 Å². The third-order valence-corrected chi connectivity index (χ3v) is 3.26. The van der Waals surface area contributed by atoms with Crippen molar-refractivity contribution in [2.45, 2.75) is 6.42 Å². The Hall–Kier alpha value is -2.25. The molecule has 0 spiro atoms. The summed E-state index contributed by atoms with van der Waals surface area (Å²) in [5.74, 6) is 1.01. The van der Waals surface area contributed by atoms with Gasteiger partial charge in [0, 0.05) is 27.7 Å². The van der Waals surface area contributed by atoms with Crippen molar-refractivity contribution >= 4 is 23.3 Å². The summed E-state index contributed by atoms with van der Waals surface area (Å²) in [7, 11) is 6.89. The van der Waals surface area contributed by atoms with Gasteiger partial charge in [-0.25, -0.2) is 4.79 Å². The van der Waals surface area contributed by atoms with Gasteiger partial charge in [-0.05, 0) is 0 Å². The SMILES string of the molecule is COC(=O)CCNc1nc(=O)n(C)c2c1N(C)CN2C. The molecular weight excluding hydrogens is 262 g/mol. The first-order valence-corrected chi connectivity index (χ1v) is 6.29. The maximum absolute atomic E-state index is 11.9. The summed E-state index contributed by atoms with van der Waals surface area (Å²) in [5, 5.41) is 3.04. The minimum Gasteiger partial charge on any atom is -0.469 e. The van der Waals surface area contributed by atoms with Crippen LogP contribution in [-0.4, -0.2) is 49.9 Å². The highest BCUT2D eigenvalue weighted by atomic mass is 16.5. The fourth-order valence-corrected chi connectivity index (χ4v) is 2.33. The smallest absolute Gasteiger partial charge is 0.350 e. The van der Waals surface area contributed by atoms with Crippen molar-refractivity contribution in [3.05, 3.63) is 10.5 Å². The number of carbonyl (C=O) groups is 1. The van der Waals surface area contributed by atoms with Gasteiger partial charge in [-0.15, -0.1) is 0 Å².